The number of ether oxygens (including phenoxy) is 1. The van der Waals surface area contributed by atoms with Gasteiger partial charge in [0.2, 0.25) is 0 Å². The molecule has 0 radical (unpaired) electrons. The highest BCUT2D eigenvalue weighted by Gasteiger charge is 2.22. The molecule has 0 saturated heterocycles. The maximum Gasteiger partial charge on any atom is 0.418 e. The van der Waals surface area contributed by atoms with Crippen molar-refractivity contribution in [3.05, 3.63) is 58.6 Å². The number of benzene rings is 2. The molecule has 0 bridgehead atoms. The quantitative estimate of drug-likeness (QED) is 0.771. The number of hydrogen-bond donors (Lipinski definition) is 0. The lowest BCUT2D eigenvalue weighted by Crippen LogP contribution is -2.27. The van der Waals surface area contributed by atoms with Gasteiger partial charge in [0.15, 0.2) is 0 Å². The van der Waals surface area contributed by atoms with Gasteiger partial charge in [0.1, 0.15) is 0 Å². The molecule has 5 heteroatoms. The fourth-order valence-electron chi connectivity index (χ4n) is 1.77. The summed E-state index contributed by atoms with van der Waals surface area (Å²) in [5.41, 5.74) is 1.15. The van der Waals surface area contributed by atoms with Crippen molar-refractivity contribution in [2.45, 2.75) is 6.92 Å². The minimum atomic E-state index is -0.497. The van der Waals surface area contributed by atoms with Crippen LogP contribution in [0.3, 0.4) is 0 Å². The van der Waals surface area contributed by atoms with Crippen molar-refractivity contribution in [3.8, 4) is 0 Å². The van der Waals surface area contributed by atoms with Gasteiger partial charge in [0.05, 0.1) is 28.0 Å². The van der Waals surface area contributed by atoms with Crippen LogP contribution in [0.1, 0.15) is 6.92 Å². The van der Waals surface area contributed by atoms with E-state index in [1.54, 1.807) is 37.3 Å². The van der Waals surface area contributed by atoms with Gasteiger partial charge in [0.25, 0.3) is 0 Å². The molecule has 2 aromatic rings. The van der Waals surface area contributed by atoms with E-state index < -0.39 is 6.09 Å². The first-order valence-electron chi connectivity index (χ1n) is 6.11. The molecule has 0 fully saturated rings. The highest BCUT2D eigenvalue weighted by atomic mass is 35.5. The first kappa shape index (κ1) is 14.7. The molecule has 0 aliphatic carbocycles. The van der Waals surface area contributed by atoms with Crippen molar-refractivity contribution < 1.29 is 9.53 Å². The average Bonchev–Trinajstić information content (AvgIpc) is 2.45. The summed E-state index contributed by atoms with van der Waals surface area (Å²) in [6.45, 7) is 2.03. The second-order valence-corrected chi connectivity index (χ2v) is 4.73. The van der Waals surface area contributed by atoms with Crippen LogP contribution < -0.4 is 4.90 Å². The third-order valence-electron chi connectivity index (χ3n) is 2.64. The largest absolute Gasteiger partial charge is 0.449 e. The molecule has 0 aliphatic rings. The fraction of sp³-hybridized carbons (Fsp3) is 0.133. The Morgan fingerprint density at radius 3 is 2.45 bits per heavy atom. The zero-order valence-electron chi connectivity index (χ0n) is 10.8. The van der Waals surface area contributed by atoms with Gasteiger partial charge in [-0.1, -0.05) is 47.5 Å². The van der Waals surface area contributed by atoms with E-state index in [9.17, 15) is 4.79 Å². The molecule has 0 unspecified atom stereocenters. The molecule has 104 valence electrons. The summed E-state index contributed by atoms with van der Waals surface area (Å²) in [5, 5.41) is 0.695. The minimum absolute atomic E-state index is 0.278. The predicted molar refractivity (Wildman–Crippen MR) is 82.1 cm³/mol. The van der Waals surface area contributed by atoms with E-state index in [0.717, 1.165) is 0 Å². The molecule has 0 atom stereocenters. The van der Waals surface area contributed by atoms with E-state index in [-0.39, 0.29) is 6.61 Å². The van der Waals surface area contributed by atoms with E-state index in [0.29, 0.717) is 21.4 Å². The summed E-state index contributed by atoms with van der Waals surface area (Å²) < 4.78 is 5.09. The van der Waals surface area contributed by atoms with Crippen molar-refractivity contribution in [3.63, 3.8) is 0 Å². The molecule has 0 saturated carbocycles. The molecule has 0 aromatic heterocycles. The monoisotopic (exact) mass is 309 g/mol. The Morgan fingerprint density at radius 1 is 1.10 bits per heavy atom. The molecule has 1 amide bonds. The summed E-state index contributed by atoms with van der Waals surface area (Å²) in [6, 6.07) is 14.3. The van der Waals surface area contributed by atoms with Crippen molar-refractivity contribution in [1.29, 1.82) is 0 Å². The molecular weight excluding hydrogens is 297 g/mol. The molecular formula is C15H13Cl2NO2. The number of rotatable bonds is 3. The number of anilines is 2. The SMILES string of the molecule is CCOC(=O)N(c1ccccc1)c1cccc(Cl)c1Cl. The van der Waals surface area contributed by atoms with Gasteiger partial charge < -0.3 is 4.74 Å². The Balaban J connectivity index is 2.52. The van der Waals surface area contributed by atoms with Crippen LogP contribution in [0.2, 0.25) is 10.0 Å². The van der Waals surface area contributed by atoms with Gasteiger partial charge in [-0.15, -0.1) is 0 Å². The van der Waals surface area contributed by atoms with Gasteiger partial charge in [0, 0.05) is 0 Å². The third-order valence-corrected chi connectivity index (χ3v) is 3.45. The van der Waals surface area contributed by atoms with Crippen molar-refractivity contribution in [1.82, 2.24) is 0 Å². The summed E-state index contributed by atoms with van der Waals surface area (Å²) >= 11 is 12.2. The van der Waals surface area contributed by atoms with E-state index in [2.05, 4.69) is 0 Å². The smallest absolute Gasteiger partial charge is 0.418 e. The number of halogens is 2. The van der Waals surface area contributed by atoms with Crippen molar-refractivity contribution in [2.75, 3.05) is 11.5 Å². The number of nitrogens with zero attached hydrogens (tertiary/aromatic N) is 1. The van der Waals surface area contributed by atoms with E-state index in [1.165, 1.54) is 4.90 Å². The zero-order valence-corrected chi connectivity index (χ0v) is 12.4. The van der Waals surface area contributed by atoms with Gasteiger partial charge in [-0.05, 0) is 31.2 Å². The van der Waals surface area contributed by atoms with E-state index in [1.807, 2.05) is 18.2 Å². The van der Waals surface area contributed by atoms with Crippen molar-refractivity contribution >= 4 is 40.7 Å². The second kappa shape index (κ2) is 6.64. The topological polar surface area (TPSA) is 29.5 Å². The molecule has 0 heterocycles. The van der Waals surface area contributed by atoms with Crippen LogP contribution in [0.25, 0.3) is 0 Å². The molecule has 2 aromatic carbocycles. The van der Waals surface area contributed by atoms with Gasteiger partial charge in [-0.2, -0.15) is 0 Å². The van der Waals surface area contributed by atoms with Crippen molar-refractivity contribution in [2.24, 2.45) is 0 Å². The number of carbonyl (C=O) groups is 1. The standard InChI is InChI=1S/C15H13Cl2NO2/c1-2-20-15(19)18(11-7-4-3-5-8-11)13-10-6-9-12(16)14(13)17/h3-10H,2H2,1H3. The maximum absolute atomic E-state index is 12.2. The highest BCUT2D eigenvalue weighted by Crippen LogP contribution is 2.36. The molecule has 3 nitrogen and oxygen atoms in total. The van der Waals surface area contributed by atoms with E-state index in [4.69, 9.17) is 27.9 Å². The molecule has 0 aliphatic heterocycles. The molecule has 20 heavy (non-hydrogen) atoms. The van der Waals surface area contributed by atoms with E-state index >= 15 is 0 Å². The minimum Gasteiger partial charge on any atom is -0.449 e. The lowest BCUT2D eigenvalue weighted by atomic mass is 10.2. The Bertz CT molecular complexity index is 602. The highest BCUT2D eigenvalue weighted by molar-refractivity contribution is 6.44. The molecule has 0 spiro atoms. The summed E-state index contributed by atoms with van der Waals surface area (Å²) in [5.74, 6) is 0. The maximum atomic E-state index is 12.2. The number of para-hydroxylation sites is 1. The van der Waals surface area contributed by atoms with Gasteiger partial charge in [-0.25, -0.2) is 9.69 Å². The lowest BCUT2D eigenvalue weighted by molar-refractivity contribution is 0.162. The Kier molecular flexibility index (Phi) is 4.88. The summed E-state index contributed by atoms with van der Waals surface area (Å²) in [7, 11) is 0. The van der Waals surface area contributed by atoms with Crippen LogP contribution in [0.4, 0.5) is 16.2 Å². The fourth-order valence-corrected chi connectivity index (χ4v) is 2.15. The van der Waals surface area contributed by atoms with Crippen LogP contribution >= 0.6 is 23.2 Å². The van der Waals surface area contributed by atoms with Gasteiger partial charge in [-0.3, -0.25) is 0 Å². The van der Waals surface area contributed by atoms with Gasteiger partial charge >= 0.3 is 6.09 Å². The number of carbonyl (C=O) groups excluding carboxylic acids is 1. The normalized spacial score (nSPS) is 10.2. The number of hydrogen-bond acceptors (Lipinski definition) is 2. The van der Waals surface area contributed by atoms with Crippen LogP contribution in [0, 0.1) is 0 Å². The van der Waals surface area contributed by atoms with Crippen LogP contribution in [0.5, 0.6) is 0 Å². The Hall–Kier alpha value is -1.71. The second-order valence-electron chi connectivity index (χ2n) is 3.94. The lowest BCUT2D eigenvalue weighted by Gasteiger charge is -2.23. The summed E-state index contributed by atoms with van der Waals surface area (Å²) in [4.78, 5) is 13.6. The van der Waals surface area contributed by atoms with Crippen LogP contribution in [-0.2, 0) is 4.74 Å². The molecule has 2 rings (SSSR count). The number of amides is 1. The Labute approximate surface area is 127 Å². The first-order chi connectivity index (χ1) is 9.65. The van der Waals surface area contributed by atoms with Crippen LogP contribution in [-0.4, -0.2) is 12.7 Å². The summed E-state index contributed by atoms with van der Waals surface area (Å²) in [6.07, 6.45) is -0.497. The Morgan fingerprint density at radius 2 is 1.80 bits per heavy atom. The first-order valence-corrected chi connectivity index (χ1v) is 6.86. The predicted octanol–water partition coefficient (Wildman–Crippen LogP) is 5.29. The zero-order chi connectivity index (χ0) is 14.5. The van der Waals surface area contributed by atoms with Crippen LogP contribution in [0.15, 0.2) is 48.5 Å². The molecule has 0 N–H and O–H groups in total. The average molecular weight is 310 g/mol. The third kappa shape index (κ3) is 3.06.